The third-order valence-electron chi connectivity index (χ3n) is 2.52. The van der Waals surface area contributed by atoms with E-state index >= 15 is 0 Å². The van der Waals surface area contributed by atoms with Crippen molar-refractivity contribution in [3.8, 4) is 0 Å². The fourth-order valence-corrected chi connectivity index (χ4v) is 1.50. The number of hydrogen-bond acceptors (Lipinski definition) is 2. The van der Waals surface area contributed by atoms with E-state index in [-0.39, 0.29) is 12.3 Å². The van der Waals surface area contributed by atoms with Crippen LogP contribution in [0.5, 0.6) is 0 Å². The van der Waals surface area contributed by atoms with Gasteiger partial charge in [0.1, 0.15) is 0 Å². The third-order valence-corrected chi connectivity index (χ3v) is 2.52. The molecule has 1 rings (SSSR count). The van der Waals surface area contributed by atoms with Crippen molar-refractivity contribution in [3.63, 3.8) is 0 Å². The van der Waals surface area contributed by atoms with Crippen LogP contribution in [0.1, 0.15) is 31.4 Å². The van der Waals surface area contributed by atoms with Crippen LogP contribution < -0.4 is 5.48 Å². The third kappa shape index (κ3) is 4.45. The highest BCUT2D eigenvalue weighted by Gasteiger charge is 2.02. The number of amides is 1. The Hall–Kier alpha value is -1.35. The molecule has 1 aromatic carbocycles. The molecule has 0 saturated heterocycles. The van der Waals surface area contributed by atoms with Gasteiger partial charge in [-0.1, -0.05) is 38.1 Å². The minimum atomic E-state index is -0.380. The predicted molar refractivity (Wildman–Crippen MR) is 63.2 cm³/mol. The predicted octanol–water partition coefficient (Wildman–Crippen LogP) is 2.32. The van der Waals surface area contributed by atoms with E-state index in [4.69, 9.17) is 5.21 Å². The molecule has 2 N–H and O–H groups in total. The molecule has 0 heterocycles. The minimum absolute atomic E-state index is 0.223. The quantitative estimate of drug-likeness (QED) is 0.592. The molecule has 0 radical (unpaired) electrons. The van der Waals surface area contributed by atoms with Gasteiger partial charge in [0.05, 0.1) is 6.42 Å². The Morgan fingerprint density at radius 1 is 1.25 bits per heavy atom. The van der Waals surface area contributed by atoms with Gasteiger partial charge in [0.2, 0.25) is 5.91 Å². The molecule has 0 aliphatic carbocycles. The van der Waals surface area contributed by atoms with Crippen LogP contribution in [0.25, 0.3) is 0 Å². The van der Waals surface area contributed by atoms with Gasteiger partial charge in [-0.3, -0.25) is 10.0 Å². The van der Waals surface area contributed by atoms with E-state index in [1.807, 2.05) is 24.3 Å². The molecule has 0 fully saturated rings. The Bertz CT molecular complexity index is 330. The van der Waals surface area contributed by atoms with Crippen LogP contribution in [-0.4, -0.2) is 11.1 Å². The summed E-state index contributed by atoms with van der Waals surface area (Å²) in [7, 11) is 0. The van der Waals surface area contributed by atoms with Gasteiger partial charge in [0.25, 0.3) is 0 Å². The summed E-state index contributed by atoms with van der Waals surface area (Å²) in [6.07, 6.45) is 2.47. The van der Waals surface area contributed by atoms with E-state index in [0.29, 0.717) is 5.92 Å². The second-order valence-electron chi connectivity index (χ2n) is 4.46. The Morgan fingerprint density at radius 2 is 1.81 bits per heavy atom. The summed E-state index contributed by atoms with van der Waals surface area (Å²) in [5.41, 5.74) is 3.84. The molecule has 0 unspecified atom stereocenters. The van der Waals surface area contributed by atoms with Gasteiger partial charge in [-0.25, -0.2) is 5.48 Å². The zero-order valence-electron chi connectivity index (χ0n) is 9.86. The van der Waals surface area contributed by atoms with Gasteiger partial charge in [-0.2, -0.15) is 0 Å². The number of aryl methyl sites for hydroxylation is 1. The SMILES string of the molecule is CC(C)CCc1ccc(CC(=O)NO)cc1. The van der Waals surface area contributed by atoms with Crippen molar-refractivity contribution in [1.82, 2.24) is 5.48 Å². The number of hydroxylamine groups is 1. The number of rotatable bonds is 5. The second-order valence-corrected chi connectivity index (χ2v) is 4.46. The van der Waals surface area contributed by atoms with Crippen molar-refractivity contribution in [2.45, 2.75) is 33.1 Å². The highest BCUT2D eigenvalue weighted by Crippen LogP contribution is 2.10. The molecule has 0 spiro atoms. The molecule has 0 aliphatic rings. The molecule has 0 aliphatic heterocycles. The van der Waals surface area contributed by atoms with E-state index in [1.54, 1.807) is 5.48 Å². The second kappa shape index (κ2) is 6.28. The lowest BCUT2D eigenvalue weighted by molar-refractivity contribution is -0.128. The number of carbonyl (C=O) groups excluding carboxylic acids is 1. The Labute approximate surface area is 96.4 Å². The van der Waals surface area contributed by atoms with Crippen LogP contribution in [0, 0.1) is 5.92 Å². The Morgan fingerprint density at radius 3 is 2.31 bits per heavy atom. The zero-order valence-corrected chi connectivity index (χ0v) is 9.86. The molecule has 1 aromatic rings. The average molecular weight is 221 g/mol. The molecular formula is C13H19NO2. The summed E-state index contributed by atoms with van der Waals surface area (Å²) in [4.78, 5) is 10.9. The van der Waals surface area contributed by atoms with Crippen molar-refractivity contribution in [2.24, 2.45) is 5.92 Å². The largest absolute Gasteiger partial charge is 0.289 e. The number of carbonyl (C=O) groups is 1. The van der Waals surface area contributed by atoms with Crippen molar-refractivity contribution in [3.05, 3.63) is 35.4 Å². The van der Waals surface area contributed by atoms with Crippen LogP contribution in [0.4, 0.5) is 0 Å². The minimum Gasteiger partial charge on any atom is -0.289 e. The van der Waals surface area contributed by atoms with Gasteiger partial charge in [-0.05, 0) is 29.9 Å². The highest BCUT2D eigenvalue weighted by atomic mass is 16.5. The smallest absolute Gasteiger partial charge is 0.247 e. The molecule has 88 valence electrons. The van der Waals surface area contributed by atoms with Crippen molar-refractivity contribution >= 4 is 5.91 Å². The van der Waals surface area contributed by atoms with Crippen LogP contribution in [0.15, 0.2) is 24.3 Å². The zero-order chi connectivity index (χ0) is 12.0. The molecule has 3 heteroatoms. The van der Waals surface area contributed by atoms with Gasteiger partial charge in [-0.15, -0.1) is 0 Å². The Kier molecular flexibility index (Phi) is 4.99. The topological polar surface area (TPSA) is 49.3 Å². The monoisotopic (exact) mass is 221 g/mol. The first-order chi connectivity index (χ1) is 7.61. The maximum atomic E-state index is 10.9. The van der Waals surface area contributed by atoms with E-state index in [1.165, 1.54) is 12.0 Å². The molecule has 1 amide bonds. The van der Waals surface area contributed by atoms with E-state index < -0.39 is 0 Å². The summed E-state index contributed by atoms with van der Waals surface area (Å²) < 4.78 is 0. The van der Waals surface area contributed by atoms with Gasteiger partial charge < -0.3 is 0 Å². The van der Waals surface area contributed by atoms with Crippen molar-refractivity contribution in [1.29, 1.82) is 0 Å². The molecule has 0 bridgehead atoms. The molecule has 3 nitrogen and oxygen atoms in total. The molecule has 0 atom stereocenters. The number of benzene rings is 1. The molecule has 16 heavy (non-hydrogen) atoms. The Balaban J connectivity index is 2.51. The summed E-state index contributed by atoms with van der Waals surface area (Å²) in [6.45, 7) is 4.42. The molecule has 0 saturated carbocycles. The first kappa shape index (κ1) is 12.7. The summed E-state index contributed by atoms with van der Waals surface area (Å²) in [5.74, 6) is 0.328. The number of hydrogen-bond donors (Lipinski definition) is 2. The maximum Gasteiger partial charge on any atom is 0.247 e. The lowest BCUT2D eigenvalue weighted by Gasteiger charge is -2.05. The fourth-order valence-electron chi connectivity index (χ4n) is 1.50. The van der Waals surface area contributed by atoms with Crippen LogP contribution in [-0.2, 0) is 17.6 Å². The first-order valence-corrected chi connectivity index (χ1v) is 5.62. The normalized spacial score (nSPS) is 10.5. The van der Waals surface area contributed by atoms with Crippen LogP contribution >= 0.6 is 0 Å². The van der Waals surface area contributed by atoms with Crippen molar-refractivity contribution in [2.75, 3.05) is 0 Å². The standard InChI is InChI=1S/C13H19NO2/c1-10(2)3-4-11-5-7-12(8-6-11)9-13(15)14-16/h5-8,10,16H,3-4,9H2,1-2H3,(H,14,15). The number of nitrogens with one attached hydrogen (secondary N) is 1. The van der Waals surface area contributed by atoms with E-state index in [2.05, 4.69) is 13.8 Å². The van der Waals surface area contributed by atoms with E-state index in [9.17, 15) is 4.79 Å². The first-order valence-electron chi connectivity index (χ1n) is 5.62. The lowest BCUT2D eigenvalue weighted by Crippen LogP contribution is -2.20. The summed E-state index contributed by atoms with van der Waals surface area (Å²) in [6, 6.07) is 7.96. The fraction of sp³-hybridized carbons (Fsp3) is 0.462. The maximum absolute atomic E-state index is 10.9. The summed E-state index contributed by atoms with van der Waals surface area (Å²) >= 11 is 0. The average Bonchev–Trinajstić information content (AvgIpc) is 2.28. The highest BCUT2D eigenvalue weighted by molar-refractivity contribution is 5.77. The van der Waals surface area contributed by atoms with Gasteiger partial charge in [0.15, 0.2) is 0 Å². The lowest BCUT2D eigenvalue weighted by atomic mass is 10.0. The van der Waals surface area contributed by atoms with Gasteiger partial charge >= 0.3 is 0 Å². The molecule has 0 aromatic heterocycles. The van der Waals surface area contributed by atoms with E-state index in [0.717, 1.165) is 12.0 Å². The van der Waals surface area contributed by atoms with Crippen LogP contribution in [0.2, 0.25) is 0 Å². The van der Waals surface area contributed by atoms with Gasteiger partial charge in [0, 0.05) is 0 Å². The molecular weight excluding hydrogens is 202 g/mol. The van der Waals surface area contributed by atoms with Crippen molar-refractivity contribution < 1.29 is 10.0 Å². The summed E-state index contributed by atoms with van der Waals surface area (Å²) in [5, 5.41) is 8.40. The van der Waals surface area contributed by atoms with Crippen LogP contribution in [0.3, 0.4) is 0 Å².